The van der Waals surface area contributed by atoms with Gasteiger partial charge in [0.25, 0.3) is 0 Å². The van der Waals surface area contributed by atoms with E-state index < -0.39 is 12.1 Å². The number of carbonyl (C=O) groups is 2. The number of hydrogen-bond acceptors (Lipinski definition) is 5. The van der Waals surface area contributed by atoms with Crippen molar-refractivity contribution in [3.63, 3.8) is 0 Å². The van der Waals surface area contributed by atoms with Crippen LogP contribution in [-0.4, -0.2) is 28.9 Å². The van der Waals surface area contributed by atoms with Gasteiger partial charge in [-0.25, -0.2) is 9.69 Å². The molecule has 34 heavy (non-hydrogen) atoms. The standard InChI is InChI=1S/C27H24N2O5/c1-3-33-27(32)29(22-10-5-4-6-11-22)26-18(2)34-28-25(26)20-15-13-19(14-16-20)23-12-8-7-9-21(23)17-24(30)31/h4-16H,3,17H2,1-2H3,(H,30,31). The van der Waals surface area contributed by atoms with Crippen molar-refractivity contribution in [2.24, 2.45) is 0 Å². The van der Waals surface area contributed by atoms with E-state index in [0.29, 0.717) is 22.8 Å². The molecule has 0 saturated heterocycles. The van der Waals surface area contributed by atoms with Gasteiger partial charge in [0.1, 0.15) is 11.4 Å². The van der Waals surface area contributed by atoms with Crippen LogP contribution < -0.4 is 4.90 Å². The molecule has 4 aromatic rings. The summed E-state index contributed by atoms with van der Waals surface area (Å²) in [4.78, 5) is 25.6. The van der Waals surface area contributed by atoms with Crippen molar-refractivity contribution < 1.29 is 24.0 Å². The molecule has 0 atom stereocenters. The summed E-state index contributed by atoms with van der Waals surface area (Å²) in [6.07, 6.45) is -0.587. The van der Waals surface area contributed by atoms with Crippen molar-refractivity contribution in [3.8, 4) is 22.4 Å². The zero-order chi connectivity index (χ0) is 24.1. The van der Waals surface area contributed by atoms with E-state index in [9.17, 15) is 14.7 Å². The Bertz CT molecular complexity index is 1300. The second kappa shape index (κ2) is 10.0. The fraction of sp³-hybridized carbons (Fsp3) is 0.148. The summed E-state index contributed by atoms with van der Waals surface area (Å²) < 4.78 is 10.8. The summed E-state index contributed by atoms with van der Waals surface area (Å²) in [5, 5.41) is 13.5. The molecule has 1 N–H and O–H groups in total. The maximum absolute atomic E-state index is 12.9. The first-order valence-electron chi connectivity index (χ1n) is 10.9. The summed E-state index contributed by atoms with van der Waals surface area (Å²) in [7, 11) is 0. The van der Waals surface area contributed by atoms with Crippen LogP contribution in [0.5, 0.6) is 0 Å². The number of carboxylic acid groups (broad SMARTS) is 1. The van der Waals surface area contributed by atoms with E-state index in [4.69, 9.17) is 9.26 Å². The number of benzene rings is 3. The highest BCUT2D eigenvalue weighted by molar-refractivity contribution is 6.00. The van der Waals surface area contributed by atoms with Crippen LogP contribution in [0.4, 0.5) is 16.2 Å². The maximum atomic E-state index is 12.9. The maximum Gasteiger partial charge on any atom is 0.419 e. The van der Waals surface area contributed by atoms with Crippen molar-refractivity contribution in [1.29, 1.82) is 0 Å². The zero-order valence-electron chi connectivity index (χ0n) is 18.9. The molecule has 0 saturated carbocycles. The number of amides is 1. The van der Waals surface area contributed by atoms with Gasteiger partial charge in [-0.15, -0.1) is 0 Å². The summed E-state index contributed by atoms with van der Waals surface area (Å²) in [5.41, 5.74) is 4.85. The van der Waals surface area contributed by atoms with E-state index in [1.54, 1.807) is 13.8 Å². The molecule has 3 aromatic carbocycles. The first-order chi connectivity index (χ1) is 16.5. The highest BCUT2D eigenvalue weighted by Crippen LogP contribution is 2.38. The van der Waals surface area contributed by atoms with E-state index in [1.165, 1.54) is 4.90 Å². The molecule has 1 amide bonds. The molecular weight excluding hydrogens is 432 g/mol. The van der Waals surface area contributed by atoms with Gasteiger partial charge in [0.15, 0.2) is 5.76 Å². The molecule has 0 spiro atoms. The van der Waals surface area contributed by atoms with Gasteiger partial charge in [0.2, 0.25) is 0 Å². The van der Waals surface area contributed by atoms with Gasteiger partial charge in [-0.05, 0) is 42.7 Å². The van der Waals surface area contributed by atoms with E-state index in [-0.39, 0.29) is 13.0 Å². The average Bonchev–Trinajstić information content (AvgIpc) is 3.21. The lowest BCUT2D eigenvalue weighted by Gasteiger charge is -2.22. The third-order valence-electron chi connectivity index (χ3n) is 5.35. The molecular formula is C27H24N2O5. The average molecular weight is 456 g/mol. The second-order valence-corrected chi connectivity index (χ2v) is 7.61. The Morgan fingerprint density at radius 3 is 2.26 bits per heavy atom. The molecule has 0 aliphatic carbocycles. The van der Waals surface area contributed by atoms with E-state index >= 15 is 0 Å². The molecule has 1 aromatic heterocycles. The lowest BCUT2D eigenvalue weighted by molar-refractivity contribution is -0.136. The van der Waals surface area contributed by atoms with Crippen molar-refractivity contribution >= 4 is 23.4 Å². The summed E-state index contributed by atoms with van der Waals surface area (Å²) in [6, 6.07) is 24.2. The minimum atomic E-state index is -0.883. The van der Waals surface area contributed by atoms with Crippen molar-refractivity contribution in [3.05, 3.63) is 90.2 Å². The van der Waals surface area contributed by atoms with Gasteiger partial charge >= 0.3 is 12.1 Å². The van der Waals surface area contributed by atoms with Crippen LogP contribution >= 0.6 is 0 Å². The number of rotatable bonds is 7. The molecule has 0 fully saturated rings. The molecule has 0 bridgehead atoms. The van der Waals surface area contributed by atoms with Crippen LogP contribution in [0.3, 0.4) is 0 Å². The summed E-state index contributed by atoms with van der Waals surface area (Å²) in [6.45, 7) is 3.73. The first-order valence-corrected chi connectivity index (χ1v) is 10.9. The molecule has 7 nitrogen and oxygen atoms in total. The number of aryl methyl sites for hydroxylation is 1. The van der Waals surface area contributed by atoms with Gasteiger partial charge in [0, 0.05) is 5.56 Å². The number of carboxylic acids is 1. The third-order valence-corrected chi connectivity index (χ3v) is 5.35. The first kappa shape index (κ1) is 22.8. The predicted octanol–water partition coefficient (Wildman–Crippen LogP) is 6.24. The fourth-order valence-electron chi connectivity index (χ4n) is 3.84. The molecule has 0 unspecified atom stereocenters. The number of aliphatic carboxylic acids is 1. The number of anilines is 2. The quantitative estimate of drug-likeness (QED) is 0.354. The van der Waals surface area contributed by atoms with Gasteiger partial charge in [-0.1, -0.05) is 71.9 Å². The number of para-hydroxylation sites is 1. The van der Waals surface area contributed by atoms with Gasteiger partial charge in [-0.3, -0.25) is 4.79 Å². The van der Waals surface area contributed by atoms with Crippen LogP contribution in [0.1, 0.15) is 18.2 Å². The number of aromatic nitrogens is 1. The third kappa shape index (κ3) is 4.68. The molecule has 7 heteroatoms. The zero-order valence-corrected chi connectivity index (χ0v) is 18.9. The van der Waals surface area contributed by atoms with Crippen molar-refractivity contribution in [1.82, 2.24) is 5.16 Å². The van der Waals surface area contributed by atoms with Gasteiger partial charge in [0.05, 0.1) is 18.7 Å². The Morgan fingerprint density at radius 2 is 1.59 bits per heavy atom. The topological polar surface area (TPSA) is 92.9 Å². The Hall–Kier alpha value is -4.39. The molecule has 0 aliphatic rings. The highest BCUT2D eigenvalue weighted by Gasteiger charge is 2.28. The molecule has 0 aliphatic heterocycles. The molecule has 172 valence electrons. The van der Waals surface area contributed by atoms with Crippen molar-refractivity contribution in [2.45, 2.75) is 20.3 Å². The van der Waals surface area contributed by atoms with Crippen LogP contribution in [0.2, 0.25) is 0 Å². The Balaban J connectivity index is 1.75. The van der Waals surface area contributed by atoms with Crippen molar-refractivity contribution in [2.75, 3.05) is 11.5 Å². The molecule has 1 heterocycles. The van der Waals surface area contributed by atoms with E-state index in [2.05, 4.69) is 5.16 Å². The van der Waals surface area contributed by atoms with Gasteiger partial charge < -0.3 is 14.4 Å². The van der Waals surface area contributed by atoms with E-state index in [1.807, 2.05) is 78.9 Å². The van der Waals surface area contributed by atoms with Crippen LogP contribution in [-0.2, 0) is 16.0 Å². The lowest BCUT2D eigenvalue weighted by atomic mass is 9.96. The minimum absolute atomic E-state index is 0.0594. The Morgan fingerprint density at radius 1 is 0.941 bits per heavy atom. The Labute approximate surface area is 197 Å². The highest BCUT2D eigenvalue weighted by atomic mass is 16.6. The number of ether oxygens (including phenoxy) is 1. The Kier molecular flexibility index (Phi) is 6.73. The smallest absolute Gasteiger partial charge is 0.419 e. The minimum Gasteiger partial charge on any atom is -0.481 e. The lowest BCUT2D eigenvalue weighted by Crippen LogP contribution is -2.27. The second-order valence-electron chi connectivity index (χ2n) is 7.61. The molecule has 4 rings (SSSR count). The normalized spacial score (nSPS) is 10.6. The predicted molar refractivity (Wildman–Crippen MR) is 129 cm³/mol. The monoisotopic (exact) mass is 456 g/mol. The summed E-state index contributed by atoms with van der Waals surface area (Å²) in [5.74, 6) is -0.408. The van der Waals surface area contributed by atoms with Gasteiger partial charge in [-0.2, -0.15) is 0 Å². The van der Waals surface area contributed by atoms with E-state index in [0.717, 1.165) is 22.3 Å². The number of carbonyl (C=O) groups excluding carboxylic acids is 1. The SMILES string of the molecule is CCOC(=O)N(c1ccccc1)c1c(-c2ccc(-c3ccccc3CC(=O)O)cc2)noc1C. The largest absolute Gasteiger partial charge is 0.481 e. The van der Waals surface area contributed by atoms with Crippen LogP contribution in [0, 0.1) is 6.92 Å². The van der Waals surface area contributed by atoms with Crippen LogP contribution in [0.25, 0.3) is 22.4 Å². The summed E-state index contributed by atoms with van der Waals surface area (Å²) >= 11 is 0. The molecule has 0 radical (unpaired) electrons. The van der Waals surface area contributed by atoms with Crippen LogP contribution in [0.15, 0.2) is 83.4 Å². The number of nitrogens with zero attached hydrogens (tertiary/aromatic N) is 2. The number of hydrogen-bond donors (Lipinski definition) is 1. The fourth-order valence-corrected chi connectivity index (χ4v) is 3.84.